The first-order chi connectivity index (χ1) is 18.4. The summed E-state index contributed by atoms with van der Waals surface area (Å²) in [5.74, 6) is 0.360. The molecule has 0 saturated carbocycles. The molecular weight excluding hydrogens is 481 g/mol. The number of piperazine rings is 1. The SMILES string of the molecule is CC(C)c1ccc(-c2nc3ncccn3c2CN2CC3CC(=O)CC(C2)N3C(=O)c2ccccc2F)cc1. The van der Waals surface area contributed by atoms with Gasteiger partial charge in [-0.2, -0.15) is 0 Å². The minimum atomic E-state index is -0.532. The van der Waals surface area contributed by atoms with Crippen molar-refractivity contribution in [1.82, 2.24) is 24.2 Å². The van der Waals surface area contributed by atoms with Crippen LogP contribution in [0.25, 0.3) is 17.0 Å². The number of imidazole rings is 1. The van der Waals surface area contributed by atoms with Gasteiger partial charge in [-0.3, -0.25) is 18.9 Å². The van der Waals surface area contributed by atoms with Crippen molar-refractivity contribution in [2.24, 2.45) is 0 Å². The van der Waals surface area contributed by atoms with E-state index in [1.54, 1.807) is 23.2 Å². The first-order valence-electron chi connectivity index (χ1n) is 13.1. The zero-order valence-corrected chi connectivity index (χ0v) is 21.5. The molecule has 2 atom stereocenters. The molecule has 2 aliphatic heterocycles. The van der Waals surface area contributed by atoms with E-state index in [1.807, 2.05) is 16.7 Å². The maximum absolute atomic E-state index is 14.5. The Morgan fingerprint density at radius 1 is 1.03 bits per heavy atom. The molecule has 2 aliphatic rings. The average Bonchev–Trinajstić information content (AvgIpc) is 3.26. The lowest BCUT2D eigenvalue weighted by Crippen LogP contribution is -2.64. The van der Waals surface area contributed by atoms with Crippen molar-refractivity contribution in [3.63, 3.8) is 0 Å². The number of fused-ring (bicyclic) bond motifs is 3. The third-order valence-electron chi connectivity index (χ3n) is 7.72. The normalized spacial score (nSPS) is 19.9. The molecule has 4 aromatic rings. The number of rotatable bonds is 5. The fourth-order valence-corrected chi connectivity index (χ4v) is 5.87. The number of aromatic nitrogens is 3. The highest BCUT2D eigenvalue weighted by Gasteiger charge is 2.44. The Balaban J connectivity index is 1.31. The van der Waals surface area contributed by atoms with Gasteiger partial charge in [0.1, 0.15) is 11.6 Å². The minimum absolute atomic E-state index is 0.0605. The van der Waals surface area contributed by atoms with Crippen LogP contribution >= 0.6 is 0 Å². The molecule has 8 heteroatoms. The highest BCUT2D eigenvalue weighted by atomic mass is 19.1. The molecule has 7 nitrogen and oxygen atoms in total. The predicted octanol–water partition coefficient (Wildman–Crippen LogP) is 4.72. The Morgan fingerprint density at radius 2 is 1.74 bits per heavy atom. The zero-order valence-electron chi connectivity index (χ0n) is 21.5. The molecule has 2 fully saturated rings. The number of benzene rings is 2. The number of hydrogen-bond donors (Lipinski definition) is 0. The molecule has 0 aliphatic carbocycles. The maximum atomic E-state index is 14.5. The van der Waals surface area contributed by atoms with Crippen LogP contribution < -0.4 is 0 Å². The summed E-state index contributed by atoms with van der Waals surface area (Å²) in [5, 5.41) is 0. The van der Waals surface area contributed by atoms with E-state index in [4.69, 9.17) is 4.98 Å². The highest BCUT2D eigenvalue weighted by molar-refractivity contribution is 5.96. The van der Waals surface area contributed by atoms with Crippen molar-refractivity contribution in [3.8, 4) is 11.3 Å². The first kappa shape index (κ1) is 24.4. The van der Waals surface area contributed by atoms with Gasteiger partial charge < -0.3 is 4.90 Å². The third kappa shape index (κ3) is 4.39. The molecule has 2 aromatic heterocycles. The van der Waals surface area contributed by atoms with Crippen LogP contribution in [0.1, 0.15) is 54.2 Å². The van der Waals surface area contributed by atoms with E-state index in [1.165, 1.54) is 17.7 Å². The Kier molecular flexibility index (Phi) is 6.27. The molecule has 2 saturated heterocycles. The van der Waals surface area contributed by atoms with E-state index in [2.05, 4.69) is 48.0 Å². The Labute approximate surface area is 220 Å². The summed E-state index contributed by atoms with van der Waals surface area (Å²) in [4.78, 5) is 39.3. The first-order valence-corrected chi connectivity index (χ1v) is 13.1. The summed E-state index contributed by atoms with van der Waals surface area (Å²) in [6, 6.07) is 15.9. The molecule has 38 heavy (non-hydrogen) atoms. The minimum Gasteiger partial charge on any atom is -0.329 e. The second kappa shape index (κ2) is 9.76. The fourth-order valence-electron chi connectivity index (χ4n) is 5.87. The standard InChI is InChI=1S/C30H30FN5O2/c1-19(2)20-8-10-21(11-9-20)28-27(35-13-5-12-32-30(35)33-28)18-34-16-22-14-24(37)15-23(17-34)36(22)29(38)25-6-3-4-7-26(25)31/h3-13,19,22-23H,14-18H2,1-2H3. The number of ketones is 1. The molecule has 1 amide bonds. The summed E-state index contributed by atoms with van der Waals surface area (Å²) in [6.07, 6.45) is 4.27. The monoisotopic (exact) mass is 511 g/mol. The van der Waals surface area contributed by atoms with Gasteiger partial charge in [-0.1, -0.05) is 50.2 Å². The summed E-state index contributed by atoms with van der Waals surface area (Å²) in [7, 11) is 0. The smallest absolute Gasteiger partial charge is 0.257 e. The number of likely N-dealkylation sites (tertiary alicyclic amines) is 1. The van der Waals surface area contributed by atoms with Gasteiger partial charge in [0.15, 0.2) is 0 Å². The van der Waals surface area contributed by atoms with E-state index in [0.29, 0.717) is 31.3 Å². The number of hydrogen-bond acceptors (Lipinski definition) is 5. The van der Waals surface area contributed by atoms with E-state index in [9.17, 15) is 14.0 Å². The third-order valence-corrected chi connectivity index (χ3v) is 7.72. The van der Waals surface area contributed by atoms with Crippen LogP contribution in [0.3, 0.4) is 0 Å². The van der Waals surface area contributed by atoms with Crippen molar-refractivity contribution in [2.75, 3.05) is 13.1 Å². The Morgan fingerprint density at radius 3 is 2.42 bits per heavy atom. The molecule has 0 spiro atoms. The van der Waals surface area contributed by atoms with Crippen LogP contribution in [0, 0.1) is 5.82 Å². The lowest BCUT2D eigenvalue weighted by molar-refractivity contribution is -0.127. The zero-order chi connectivity index (χ0) is 26.4. The van der Waals surface area contributed by atoms with Crippen LogP contribution in [-0.4, -0.2) is 61.0 Å². The molecule has 194 valence electrons. The Bertz CT molecular complexity index is 1490. The van der Waals surface area contributed by atoms with Gasteiger partial charge in [-0.25, -0.2) is 14.4 Å². The van der Waals surface area contributed by atoms with Gasteiger partial charge in [0.25, 0.3) is 5.91 Å². The highest BCUT2D eigenvalue weighted by Crippen LogP contribution is 2.32. The topological polar surface area (TPSA) is 70.8 Å². The molecule has 4 heterocycles. The van der Waals surface area contributed by atoms with Crippen molar-refractivity contribution >= 4 is 17.5 Å². The number of amides is 1. The molecule has 2 bridgehead atoms. The van der Waals surface area contributed by atoms with Gasteiger partial charge in [-0.05, 0) is 29.7 Å². The predicted molar refractivity (Wildman–Crippen MR) is 142 cm³/mol. The van der Waals surface area contributed by atoms with Gasteiger partial charge in [0.05, 0.1) is 29.0 Å². The van der Waals surface area contributed by atoms with Gasteiger partial charge >= 0.3 is 0 Å². The number of carbonyl (C=O) groups is 2. The van der Waals surface area contributed by atoms with Crippen molar-refractivity contribution in [2.45, 2.75) is 51.2 Å². The van der Waals surface area contributed by atoms with Gasteiger partial charge in [-0.15, -0.1) is 0 Å². The number of nitrogens with zero attached hydrogens (tertiary/aromatic N) is 5. The lowest BCUT2D eigenvalue weighted by Gasteiger charge is -2.49. The van der Waals surface area contributed by atoms with Crippen LogP contribution in [0.2, 0.25) is 0 Å². The van der Waals surface area contributed by atoms with Crippen LogP contribution in [0.4, 0.5) is 4.39 Å². The largest absolute Gasteiger partial charge is 0.329 e. The van der Waals surface area contributed by atoms with Crippen molar-refractivity contribution in [3.05, 3.63) is 89.6 Å². The summed E-state index contributed by atoms with van der Waals surface area (Å²) < 4.78 is 16.5. The second-order valence-electron chi connectivity index (χ2n) is 10.6. The number of Topliss-reactive ketones (excluding diaryl/α,β-unsaturated/α-hetero) is 1. The average molecular weight is 512 g/mol. The van der Waals surface area contributed by atoms with E-state index < -0.39 is 5.82 Å². The number of piperidine rings is 1. The van der Waals surface area contributed by atoms with E-state index >= 15 is 0 Å². The summed E-state index contributed by atoms with van der Waals surface area (Å²) in [5.41, 5.74) is 4.25. The molecule has 2 unspecified atom stereocenters. The molecule has 2 aromatic carbocycles. The van der Waals surface area contributed by atoms with Crippen LogP contribution in [-0.2, 0) is 11.3 Å². The van der Waals surface area contributed by atoms with Crippen LogP contribution in [0.5, 0.6) is 0 Å². The van der Waals surface area contributed by atoms with Gasteiger partial charge in [0, 0.05) is 50.4 Å². The van der Waals surface area contributed by atoms with E-state index in [-0.39, 0.29) is 42.2 Å². The molecule has 0 radical (unpaired) electrons. The number of carbonyl (C=O) groups excluding carboxylic acids is 2. The molecule has 6 rings (SSSR count). The maximum Gasteiger partial charge on any atom is 0.257 e. The molecule has 0 N–H and O–H groups in total. The van der Waals surface area contributed by atoms with Crippen molar-refractivity contribution in [1.29, 1.82) is 0 Å². The summed E-state index contributed by atoms with van der Waals surface area (Å²) in [6.45, 7) is 6.00. The van der Waals surface area contributed by atoms with E-state index in [0.717, 1.165) is 17.0 Å². The van der Waals surface area contributed by atoms with Crippen LogP contribution in [0.15, 0.2) is 67.0 Å². The quantitative estimate of drug-likeness (QED) is 0.388. The summed E-state index contributed by atoms with van der Waals surface area (Å²) >= 11 is 0. The fraction of sp³-hybridized carbons (Fsp3) is 0.333. The Hall–Kier alpha value is -3.91. The molecular formula is C30H30FN5O2. The second-order valence-corrected chi connectivity index (χ2v) is 10.6. The number of halogens is 1. The lowest BCUT2D eigenvalue weighted by atomic mass is 9.89. The van der Waals surface area contributed by atoms with Gasteiger partial charge in [0.2, 0.25) is 5.78 Å². The van der Waals surface area contributed by atoms with Crippen molar-refractivity contribution < 1.29 is 14.0 Å².